The van der Waals surface area contributed by atoms with Gasteiger partial charge in [-0.15, -0.1) is 0 Å². The predicted molar refractivity (Wildman–Crippen MR) is 89.3 cm³/mol. The number of piperidine rings is 1. The molecule has 0 unspecified atom stereocenters. The summed E-state index contributed by atoms with van der Waals surface area (Å²) in [7, 11) is 0. The van der Waals surface area contributed by atoms with E-state index in [1.54, 1.807) is 0 Å². The lowest BCUT2D eigenvalue weighted by atomic mass is 9.97. The first-order valence-corrected chi connectivity index (χ1v) is 8.45. The number of carbonyl (C=O) groups is 2. The summed E-state index contributed by atoms with van der Waals surface area (Å²) in [6.45, 7) is 6.97. The standard InChI is InChI=1S/C18H26N2O3/c1-3-23-18(22)15-7-10-20(11-8-15)12-9-17(21)19-16-6-4-5-14(2)13-16/h4-6,13,15H,3,7-12H2,1-2H3,(H,19,21)/p+1. The van der Waals surface area contributed by atoms with E-state index in [0.29, 0.717) is 13.0 Å². The minimum absolute atomic E-state index is 0.0415. The molecule has 0 saturated carbocycles. The molecule has 0 bridgehead atoms. The molecule has 5 nitrogen and oxygen atoms in total. The van der Waals surface area contributed by atoms with Crippen LogP contribution in [0.3, 0.4) is 0 Å². The number of quaternary nitrogens is 1. The molecule has 1 aliphatic heterocycles. The van der Waals surface area contributed by atoms with Crippen molar-refractivity contribution in [3.63, 3.8) is 0 Å². The molecule has 0 aromatic heterocycles. The number of hydrogen-bond acceptors (Lipinski definition) is 3. The Labute approximate surface area is 138 Å². The fraction of sp³-hybridized carbons (Fsp3) is 0.556. The average molecular weight is 319 g/mol. The maximum Gasteiger partial charge on any atom is 0.309 e. The highest BCUT2D eigenvalue weighted by molar-refractivity contribution is 5.90. The summed E-state index contributed by atoms with van der Waals surface area (Å²) in [6.07, 6.45) is 2.22. The van der Waals surface area contributed by atoms with Gasteiger partial charge >= 0.3 is 5.97 Å². The number of nitrogens with one attached hydrogen (secondary N) is 2. The van der Waals surface area contributed by atoms with Crippen LogP contribution in [0.5, 0.6) is 0 Å². The number of carbonyl (C=O) groups excluding carboxylic acids is 2. The fourth-order valence-corrected chi connectivity index (χ4v) is 3.01. The molecule has 1 aromatic rings. The van der Waals surface area contributed by atoms with Crippen LogP contribution < -0.4 is 10.2 Å². The Balaban J connectivity index is 1.69. The van der Waals surface area contributed by atoms with Crippen LogP contribution in [0.25, 0.3) is 0 Å². The number of aryl methyl sites for hydroxylation is 1. The van der Waals surface area contributed by atoms with Crippen LogP contribution in [0.4, 0.5) is 5.69 Å². The van der Waals surface area contributed by atoms with E-state index in [1.165, 1.54) is 4.90 Å². The lowest BCUT2D eigenvalue weighted by Crippen LogP contribution is -3.13. The molecule has 0 radical (unpaired) electrons. The highest BCUT2D eigenvalue weighted by atomic mass is 16.5. The molecule has 126 valence electrons. The number of esters is 1. The number of benzene rings is 1. The second kappa shape index (κ2) is 8.67. The van der Waals surface area contributed by atoms with Gasteiger partial charge in [0.25, 0.3) is 0 Å². The molecule has 5 heteroatoms. The Kier molecular flexibility index (Phi) is 6.59. The van der Waals surface area contributed by atoms with Crippen LogP contribution in [-0.4, -0.2) is 38.1 Å². The van der Waals surface area contributed by atoms with Crippen molar-refractivity contribution in [1.82, 2.24) is 0 Å². The van der Waals surface area contributed by atoms with Gasteiger partial charge in [0.15, 0.2) is 0 Å². The van der Waals surface area contributed by atoms with Crippen molar-refractivity contribution in [2.75, 3.05) is 31.6 Å². The smallest absolute Gasteiger partial charge is 0.309 e. The Bertz CT molecular complexity index is 537. The molecule has 23 heavy (non-hydrogen) atoms. The maximum absolute atomic E-state index is 12.0. The van der Waals surface area contributed by atoms with Gasteiger partial charge in [-0.2, -0.15) is 0 Å². The molecule has 0 atom stereocenters. The van der Waals surface area contributed by atoms with Crippen molar-refractivity contribution in [1.29, 1.82) is 0 Å². The third-order valence-corrected chi connectivity index (χ3v) is 4.32. The number of rotatable bonds is 6. The SMILES string of the molecule is CCOC(=O)C1CC[NH+](CCC(=O)Nc2cccc(C)c2)CC1. The molecular formula is C18H27N2O3+. The van der Waals surface area contributed by atoms with Gasteiger partial charge in [-0.1, -0.05) is 12.1 Å². The number of amides is 1. The van der Waals surface area contributed by atoms with Crippen molar-refractivity contribution in [2.45, 2.75) is 33.1 Å². The van der Waals surface area contributed by atoms with E-state index in [2.05, 4.69) is 5.32 Å². The summed E-state index contributed by atoms with van der Waals surface area (Å²) < 4.78 is 5.08. The Hall–Kier alpha value is -1.88. The van der Waals surface area contributed by atoms with Gasteiger partial charge in [0, 0.05) is 18.5 Å². The predicted octanol–water partition coefficient (Wildman–Crippen LogP) is 1.18. The second-order valence-electron chi connectivity index (χ2n) is 6.19. The number of likely N-dealkylation sites (tertiary alicyclic amines) is 1. The largest absolute Gasteiger partial charge is 0.466 e. The van der Waals surface area contributed by atoms with Crippen LogP contribution in [0.15, 0.2) is 24.3 Å². The third-order valence-electron chi connectivity index (χ3n) is 4.32. The van der Waals surface area contributed by atoms with Crippen LogP contribution >= 0.6 is 0 Å². The Morgan fingerprint density at radius 2 is 2.04 bits per heavy atom. The fourth-order valence-electron chi connectivity index (χ4n) is 3.01. The van der Waals surface area contributed by atoms with Gasteiger partial charge in [0.1, 0.15) is 0 Å². The molecule has 1 aliphatic rings. The van der Waals surface area contributed by atoms with Gasteiger partial charge in [-0.05, 0) is 31.5 Å². The van der Waals surface area contributed by atoms with Crippen LogP contribution in [0.2, 0.25) is 0 Å². The van der Waals surface area contributed by atoms with E-state index in [9.17, 15) is 9.59 Å². The summed E-state index contributed by atoms with van der Waals surface area (Å²) in [6, 6.07) is 7.82. The lowest BCUT2D eigenvalue weighted by molar-refractivity contribution is -0.905. The Morgan fingerprint density at radius 1 is 1.30 bits per heavy atom. The van der Waals surface area contributed by atoms with Gasteiger partial charge in [-0.25, -0.2) is 0 Å². The van der Waals surface area contributed by atoms with E-state index >= 15 is 0 Å². The summed E-state index contributed by atoms with van der Waals surface area (Å²) in [5.74, 6) is 0.0270. The van der Waals surface area contributed by atoms with Crippen LogP contribution in [0, 0.1) is 12.8 Å². The minimum atomic E-state index is -0.0660. The number of ether oxygens (including phenoxy) is 1. The maximum atomic E-state index is 12.0. The molecule has 2 rings (SSSR count). The monoisotopic (exact) mass is 319 g/mol. The van der Waals surface area contributed by atoms with E-state index < -0.39 is 0 Å². The van der Waals surface area contributed by atoms with Crippen LogP contribution in [0.1, 0.15) is 31.7 Å². The molecular weight excluding hydrogens is 292 g/mol. The van der Waals surface area contributed by atoms with Crippen molar-refractivity contribution in [3.8, 4) is 0 Å². The highest BCUT2D eigenvalue weighted by Gasteiger charge is 2.28. The molecule has 1 saturated heterocycles. The molecule has 0 spiro atoms. The number of anilines is 1. The first-order chi connectivity index (χ1) is 11.1. The minimum Gasteiger partial charge on any atom is -0.466 e. The van der Waals surface area contributed by atoms with E-state index in [4.69, 9.17) is 4.74 Å². The van der Waals surface area contributed by atoms with E-state index in [1.807, 2.05) is 38.1 Å². The zero-order chi connectivity index (χ0) is 16.7. The molecule has 1 fully saturated rings. The zero-order valence-corrected chi connectivity index (χ0v) is 14.1. The average Bonchev–Trinajstić information content (AvgIpc) is 2.54. The lowest BCUT2D eigenvalue weighted by Gasteiger charge is -2.27. The number of hydrogen-bond donors (Lipinski definition) is 2. The summed E-state index contributed by atoms with van der Waals surface area (Å²) in [4.78, 5) is 25.1. The molecule has 1 heterocycles. The van der Waals surface area contributed by atoms with Crippen molar-refractivity contribution in [2.24, 2.45) is 5.92 Å². The van der Waals surface area contributed by atoms with Crippen molar-refractivity contribution in [3.05, 3.63) is 29.8 Å². The molecule has 1 amide bonds. The molecule has 0 aliphatic carbocycles. The van der Waals surface area contributed by atoms with E-state index in [-0.39, 0.29) is 17.8 Å². The topological polar surface area (TPSA) is 59.8 Å². The summed E-state index contributed by atoms with van der Waals surface area (Å²) >= 11 is 0. The third kappa shape index (κ3) is 5.67. The molecule has 2 N–H and O–H groups in total. The van der Waals surface area contributed by atoms with Gasteiger partial charge in [0.05, 0.1) is 38.6 Å². The van der Waals surface area contributed by atoms with Crippen molar-refractivity contribution < 1.29 is 19.2 Å². The van der Waals surface area contributed by atoms with E-state index in [0.717, 1.165) is 43.7 Å². The van der Waals surface area contributed by atoms with Crippen molar-refractivity contribution >= 4 is 17.6 Å². The van der Waals surface area contributed by atoms with Gasteiger partial charge in [-0.3, -0.25) is 9.59 Å². The van der Waals surface area contributed by atoms with Gasteiger partial charge in [0.2, 0.25) is 5.91 Å². The normalized spacial score (nSPS) is 20.8. The summed E-state index contributed by atoms with van der Waals surface area (Å²) in [5.41, 5.74) is 1.99. The van der Waals surface area contributed by atoms with Gasteiger partial charge < -0.3 is 15.0 Å². The first-order valence-electron chi connectivity index (χ1n) is 8.45. The molecule has 1 aromatic carbocycles. The first kappa shape index (κ1) is 17.5. The quantitative estimate of drug-likeness (QED) is 0.774. The van der Waals surface area contributed by atoms with Crippen LogP contribution in [-0.2, 0) is 14.3 Å². The summed E-state index contributed by atoms with van der Waals surface area (Å²) in [5, 5.41) is 2.94. The highest BCUT2D eigenvalue weighted by Crippen LogP contribution is 2.12. The zero-order valence-electron chi connectivity index (χ0n) is 14.1. The second-order valence-corrected chi connectivity index (χ2v) is 6.19. The Morgan fingerprint density at radius 3 is 2.70 bits per heavy atom.